The van der Waals surface area contributed by atoms with Crippen LogP contribution in [0.1, 0.15) is 32.4 Å². The number of likely N-dealkylation sites (tertiary alicyclic amines) is 1. The maximum absolute atomic E-state index is 4.43. The van der Waals surface area contributed by atoms with Gasteiger partial charge >= 0.3 is 0 Å². The molecule has 0 N–H and O–H groups in total. The largest absolute Gasteiger partial charge is 0.363 e. The minimum absolute atomic E-state index is 0.658. The molecule has 0 amide bonds. The van der Waals surface area contributed by atoms with Gasteiger partial charge in [-0.25, -0.2) is 9.97 Å². The van der Waals surface area contributed by atoms with Gasteiger partial charge in [-0.05, 0) is 45.6 Å². The molecule has 1 aliphatic rings. The first-order valence-corrected chi connectivity index (χ1v) is 7.28. The van der Waals surface area contributed by atoms with Crippen molar-refractivity contribution in [2.45, 2.75) is 39.2 Å². The Balaban J connectivity index is 1.98. The first-order valence-electron chi connectivity index (χ1n) is 7.28. The molecule has 1 saturated heterocycles. The fourth-order valence-corrected chi connectivity index (χ4v) is 2.77. The standard InChI is InChI=1S/C15H26N4/c1-12(2)19-7-5-6-13(10-19)8-14-9-15(18(3)4)17-11-16-14/h9,11-13H,5-8,10H2,1-4H3. The summed E-state index contributed by atoms with van der Waals surface area (Å²) in [5, 5.41) is 0. The maximum Gasteiger partial charge on any atom is 0.131 e. The highest BCUT2D eigenvalue weighted by molar-refractivity contribution is 5.36. The second-order valence-corrected chi connectivity index (χ2v) is 6.06. The third-order valence-electron chi connectivity index (χ3n) is 3.95. The molecular weight excluding hydrogens is 236 g/mol. The van der Waals surface area contributed by atoms with Gasteiger partial charge in [0, 0.05) is 38.4 Å². The molecule has 1 unspecified atom stereocenters. The molecule has 19 heavy (non-hydrogen) atoms. The van der Waals surface area contributed by atoms with Gasteiger partial charge in [-0.2, -0.15) is 0 Å². The fourth-order valence-electron chi connectivity index (χ4n) is 2.77. The molecule has 2 heterocycles. The molecule has 2 rings (SSSR count). The molecular formula is C15H26N4. The molecule has 0 saturated carbocycles. The average molecular weight is 262 g/mol. The zero-order valence-corrected chi connectivity index (χ0v) is 12.6. The molecule has 0 aromatic carbocycles. The van der Waals surface area contributed by atoms with E-state index in [9.17, 15) is 0 Å². The number of anilines is 1. The van der Waals surface area contributed by atoms with Crippen LogP contribution in [0.15, 0.2) is 12.4 Å². The van der Waals surface area contributed by atoms with E-state index in [4.69, 9.17) is 0 Å². The highest BCUT2D eigenvalue weighted by Crippen LogP contribution is 2.22. The van der Waals surface area contributed by atoms with Gasteiger partial charge in [-0.3, -0.25) is 0 Å². The summed E-state index contributed by atoms with van der Waals surface area (Å²) in [6, 6.07) is 2.78. The van der Waals surface area contributed by atoms with Gasteiger partial charge in [-0.15, -0.1) is 0 Å². The Morgan fingerprint density at radius 1 is 1.37 bits per heavy atom. The van der Waals surface area contributed by atoms with E-state index in [1.165, 1.54) is 31.6 Å². The number of nitrogens with zero attached hydrogens (tertiary/aromatic N) is 4. The monoisotopic (exact) mass is 262 g/mol. The molecule has 0 spiro atoms. The molecule has 1 aromatic heterocycles. The summed E-state index contributed by atoms with van der Waals surface area (Å²) in [5.41, 5.74) is 1.18. The molecule has 1 fully saturated rings. The molecule has 0 bridgehead atoms. The van der Waals surface area contributed by atoms with E-state index in [1.807, 2.05) is 19.0 Å². The second-order valence-electron chi connectivity index (χ2n) is 6.06. The fraction of sp³-hybridized carbons (Fsp3) is 0.733. The average Bonchev–Trinajstić information content (AvgIpc) is 2.39. The minimum atomic E-state index is 0.658. The highest BCUT2D eigenvalue weighted by Gasteiger charge is 2.22. The van der Waals surface area contributed by atoms with Crippen molar-refractivity contribution in [3.05, 3.63) is 18.1 Å². The molecule has 1 aliphatic heterocycles. The number of piperidine rings is 1. The van der Waals surface area contributed by atoms with Crippen LogP contribution in [0.5, 0.6) is 0 Å². The second kappa shape index (κ2) is 6.33. The normalized spacial score (nSPS) is 20.8. The van der Waals surface area contributed by atoms with Crippen LogP contribution in [-0.4, -0.2) is 48.1 Å². The van der Waals surface area contributed by atoms with Gasteiger partial charge in [0.2, 0.25) is 0 Å². The van der Waals surface area contributed by atoms with Crippen LogP contribution in [0.4, 0.5) is 5.82 Å². The number of rotatable bonds is 4. The summed E-state index contributed by atoms with van der Waals surface area (Å²) in [5.74, 6) is 1.74. The van der Waals surface area contributed by atoms with E-state index >= 15 is 0 Å². The molecule has 0 aliphatic carbocycles. The van der Waals surface area contributed by atoms with Crippen LogP contribution in [0.25, 0.3) is 0 Å². The smallest absolute Gasteiger partial charge is 0.131 e. The Kier molecular flexibility index (Phi) is 4.75. The first-order chi connectivity index (χ1) is 9.06. The van der Waals surface area contributed by atoms with E-state index < -0.39 is 0 Å². The zero-order valence-electron chi connectivity index (χ0n) is 12.6. The molecule has 1 atom stereocenters. The Morgan fingerprint density at radius 3 is 2.84 bits per heavy atom. The molecule has 1 aromatic rings. The van der Waals surface area contributed by atoms with Gasteiger partial charge in [-0.1, -0.05) is 0 Å². The van der Waals surface area contributed by atoms with E-state index in [0.717, 1.165) is 18.2 Å². The van der Waals surface area contributed by atoms with Crippen LogP contribution in [0, 0.1) is 5.92 Å². The van der Waals surface area contributed by atoms with Crippen molar-refractivity contribution < 1.29 is 0 Å². The lowest BCUT2D eigenvalue weighted by molar-refractivity contribution is 0.139. The summed E-state index contributed by atoms with van der Waals surface area (Å²) in [6.45, 7) is 7.04. The van der Waals surface area contributed by atoms with Gasteiger partial charge in [0.1, 0.15) is 12.1 Å². The lowest BCUT2D eigenvalue weighted by atomic mass is 9.92. The minimum Gasteiger partial charge on any atom is -0.363 e. The quantitative estimate of drug-likeness (QED) is 0.833. The van der Waals surface area contributed by atoms with E-state index in [1.54, 1.807) is 6.33 Å². The molecule has 4 nitrogen and oxygen atoms in total. The SMILES string of the molecule is CC(C)N1CCCC(Cc2cc(N(C)C)ncn2)C1. The van der Waals surface area contributed by atoms with E-state index in [-0.39, 0.29) is 0 Å². The van der Waals surface area contributed by atoms with Crippen LogP contribution >= 0.6 is 0 Å². The summed E-state index contributed by atoms with van der Waals surface area (Å²) in [4.78, 5) is 13.3. The third-order valence-corrected chi connectivity index (χ3v) is 3.95. The summed E-state index contributed by atoms with van der Waals surface area (Å²) >= 11 is 0. The summed E-state index contributed by atoms with van der Waals surface area (Å²) in [7, 11) is 4.04. The van der Waals surface area contributed by atoms with Crippen molar-refractivity contribution in [1.82, 2.24) is 14.9 Å². The maximum atomic E-state index is 4.43. The summed E-state index contributed by atoms with van der Waals surface area (Å²) < 4.78 is 0. The molecule has 0 radical (unpaired) electrons. The van der Waals surface area contributed by atoms with Gasteiger partial charge in [0.25, 0.3) is 0 Å². The lowest BCUT2D eigenvalue weighted by Gasteiger charge is -2.35. The highest BCUT2D eigenvalue weighted by atomic mass is 15.2. The number of hydrogen-bond donors (Lipinski definition) is 0. The molecule has 106 valence electrons. The van der Waals surface area contributed by atoms with Crippen LogP contribution < -0.4 is 4.90 Å². The topological polar surface area (TPSA) is 32.3 Å². The van der Waals surface area contributed by atoms with Gasteiger partial charge in [0.05, 0.1) is 0 Å². The van der Waals surface area contributed by atoms with Crippen molar-refractivity contribution in [3.8, 4) is 0 Å². The number of aromatic nitrogens is 2. The third kappa shape index (κ3) is 3.90. The Hall–Kier alpha value is -1.16. The van der Waals surface area contributed by atoms with Crippen molar-refractivity contribution in [3.63, 3.8) is 0 Å². The predicted molar refractivity (Wildman–Crippen MR) is 79.5 cm³/mol. The summed E-state index contributed by atoms with van der Waals surface area (Å²) in [6.07, 6.45) is 5.40. The Morgan fingerprint density at radius 2 is 2.16 bits per heavy atom. The van der Waals surface area contributed by atoms with Crippen molar-refractivity contribution in [2.24, 2.45) is 5.92 Å². The van der Waals surface area contributed by atoms with Crippen LogP contribution in [0.3, 0.4) is 0 Å². The van der Waals surface area contributed by atoms with Crippen LogP contribution in [0.2, 0.25) is 0 Å². The van der Waals surface area contributed by atoms with Crippen molar-refractivity contribution >= 4 is 5.82 Å². The lowest BCUT2D eigenvalue weighted by Crippen LogP contribution is -2.40. The zero-order chi connectivity index (χ0) is 13.8. The van der Waals surface area contributed by atoms with Gasteiger partial charge in [0.15, 0.2) is 0 Å². The van der Waals surface area contributed by atoms with Crippen molar-refractivity contribution in [1.29, 1.82) is 0 Å². The first kappa shape index (κ1) is 14.3. The Labute approximate surface area is 116 Å². The molecule has 4 heteroatoms. The van der Waals surface area contributed by atoms with E-state index in [2.05, 4.69) is 34.8 Å². The van der Waals surface area contributed by atoms with Gasteiger partial charge < -0.3 is 9.80 Å². The predicted octanol–water partition coefficient (Wildman–Crippen LogP) is 2.21. The van der Waals surface area contributed by atoms with Crippen LogP contribution in [-0.2, 0) is 6.42 Å². The van der Waals surface area contributed by atoms with Crippen molar-refractivity contribution in [2.75, 3.05) is 32.1 Å². The van der Waals surface area contributed by atoms with E-state index in [0.29, 0.717) is 6.04 Å². The Bertz CT molecular complexity index is 403. The number of hydrogen-bond acceptors (Lipinski definition) is 4.